The molecule has 5 heteroatoms. The van der Waals surface area contributed by atoms with Gasteiger partial charge in [0.05, 0.1) is 12.7 Å². The summed E-state index contributed by atoms with van der Waals surface area (Å²) in [6.45, 7) is 4.05. The highest BCUT2D eigenvalue weighted by molar-refractivity contribution is 5.88. The quantitative estimate of drug-likeness (QED) is 0.650. The molecule has 0 radical (unpaired) electrons. The Hall–Kier alpha value is -3.08. The lowest BCUT2D eigenvalue weighted by molar-refractivity contribution is -0.154. The fourth-order valence-corrected chi connectivity index (χ4v) is 2.89. The highest BCUT2D eigenvalue weighted by Crippen LogP contribution is 2.23. The number of carbonyl (C=O) groups excluding carboxylic acids is 2. The van der Waals surface area contributed by atoms with Gasteiger partial charge < -0.3 is 14.5 Å². The van der Waals surface area contributed by atoms with Crippen LogP contribution >= 0.6 is 0 Å². The van der Waals surface area contributed by atoms with Crippen LogP contribution in [-0.2, 0) is 27.2 Å². The summed E-state index contributed by atoms with van der Waals surface area (Å²) in [6.07, 6.45) is 1.52. The standard InChI is InChI=1S/C22H23NO4/c1-15-8-9-19-18(14-26-20(19)12-15)13-21(24)27-16(2)22(25)23-11-10-17-6-4-3-5-7-17/h3-9,12,14,16H,10-11,13H2,1-2H3,(H,23,25)/t16-/m1/s1. The van der Waals surface area contributed by atoms with E-state index in [2.05, 4.69) is 5.32 Å². The molecule has 3 rings (SSSR count). The lowest BCUT2D eigenvalue weighted by Crippen LogP contribution is -2.37. The van der Waals surface area contributed by atoms with E-state index < -0.39 is 12.1 Å². The number of hydrogen-bond acceptors (Lipinski definition) is 4. The summed E-state index contributed by atoms with van der Waals surface area (Å²) in [7, 11) is 0. The molecule has 0 saturated heterocycles. The molecule has 0 spiro atoms. The second-order valence-electron chi connectivity index (χ2n) is 6.60. The largest absolute Gasteiger partial charge is 0.464 e. The van der Waals surface area contributed by atoms with E-state index in [9.17, 15) is 9.59 Å². The van der Waals surface area contributed by atoms with E-state index in [1.54, 1.807) is 13.2 Å². The highest BCUT2D eigenvalue weighted by Gasteiger charge is 2.19. The number of hydrogen-bond donors (Lipinski definition) is 1. The zero-order chi connectivity index (χ0) is 19.2. The molecule has 0 aliphatic rings. The topological polar surface area (TPSA) is 68.5 Å². The fraction of sp³-hybridized carbons (Fsp3) is 0.273. The van der Waals surface area contributed by atoms with E-state index in [-0.39, 0.29) is 12.3 Å². The number of esters is 1. The molecule has 27 heavy (non-hydrogen) atoms. The lowest BCUT2D eigenvalue weighted by Gasteiger charge is -2.13. The Kier molecular flexibility index (Phi) is 5.91. The van der Waals surface area contributed by atoms with Crippen molar-refractivity contribution in [3.8, 4) is 0 Å². The molecule has 0 saturated carbocycles. The SMILES string of the molecule is Cc1ccc2c(CC(=O)O[C@H](C)C(=O)NCCc3ccccc3)coc2c1. The summed E-state index contributed by atoms with van der Waals surface area (Å²) in [5.41, 5.74) is 3.73. The van der Waals surface area contributed by atoms with Gasteiger partial charge in [-0.3, -0.25) is 9.59 Å². The second kappa shape index (κ2) is 8.54. The van der Waals surface area contributed by atoms with Gasteiger partial charge in [0.1, 0.15) is 5.58 Å². The average Bonchev–Trinajstić information content (AvgIpc) is 3.04. The monoisotopic (exact) mass is 365 g/mol. The van der Waals surface area contributed by atoms with E-state index >= 15 is 0 Å². The molecule has 0 unspecified atom stereocenters. The van der Waals surface area contributed by atoms with Crippen molar-refractivity contribution < 1.29 is 18.7 Å². The molecule has 0 bridgehead atoms. The van der Waals surface area contributed by atoms with Crippen LogP contribution in [0.15, 0.2) is 59.2 Å². The Balaban J connectivity index is 1.48. The average molecular weight is 365 g/mol. The van der Waals surface area contributed by atoms with Crippen LogP contribution in [0.3, 0.4) is 0 Å². The number of nitrogens with one attached hydrogen (secondary N) is 1. The number of rotatable bonds is 7. The van der Waals surface area contributed by atoms with Crippen LogP contribution in [-0.4, -0.2) is 24.5 Å². The molecule has 0 aliphatic carbocycles. The predicted molar refractivity (Wildman–Crippen MR) is 103 cm³/mol. The van der Waals surface area contributed by atoms with Crippen LogP contribution < -0.4 is 5.32 Å². The van der Waals surface area contributed by atoms with Crippen LogP contribution in [0.25, 0.3) is 11.0 Å². The van der Waals surface area contributed by atoms with Crippen molar-refractivity contribution >= 4 is 22.8 Å². The molecule has 1 heterocycles. The molecule has 1 N–H and O–H groups in total. The lowest BCUT2D eigenvalue weighted by atomic mass is 10.1. The van der Waals surface area contributed by atoms with Crippen LogP contribution in [0.2, 0.25) is 0 Å². The number of aryl methyl sites for hydroxylation is 1. The minimum atomic E-state index is -0.839. The number of ether oxygens (including phenoxy) is 1. The third-order valence-corrected chi connectivity index (χ3v) is 4.38. The number of carbonyl (C=O) groups is 2. The summed E-state index contributed by atoms with van der Waals surface area (Å²) >= 11 is 0. The highest BCUT2D eigenvalue weighted by atomic mass is 16.5. The van der Waals surface area contributed by atoms with Gasteiger partial charge in [0.25, 0.3) is 5.91 Å². The summed E-state index contributed by atoms with van der Waals surface area (Å²) in [5.74, 6) is -0.754. The van der Waals surface area contributed by atoms with Crippen LogP contribution in [0.1, 0.15) is 23.6 Å². The van der Waals surface area contributed by atoms with Gasteiger partial charge in [-0.15, -0.1) is 0 Å². The first-order valence-corrected chi connectivity index (χ1v) is 9.01. The van der Waals surface area contributed by atoms with Gasteiger partial charge >= 0.3 is 5.97 Å². The summed E-state index contributed by atoms with van der Waals surface area (Å²) in [5, 5.41) is 3.68. The number of furan rings is 1. The van der Waals surface area contributed by atoms with E-state index in [1.807, 2.05) is 55.5 Å². The van der Waals surface area contributed by atoms with E-state index in [4.69, 9.17) is 9.15 Å². The molecular weight excluding hydrogens is 342 g/mol. The van der Waals surface area contributed by atoms with Gasteiger partial charge in [0.2, 0.25) is 0 Å². The van der Waals surface area contributed by atoms with Crippen molar-refractivity contribution in [3.05, 3.63) is 71.5 Å². The molecule has 3 aromatic rings. The summed E-state index contributed by atoms with van der Waals surface area (Å²) in [4.78, 5) is 24.3. The maximum atomic E-state index is 12.2. The molecule has 140 valence electrons. The van der Waals surface area contributed by atoms with Crippen molar-refractivity contribution in [1.29, 1.82) is 0 Å². The van der Waals surface area contributed by atoms with Crippen LogP contribution in [0.5, 0.6) is 0 Å². The molecule has 1 amide bonds. The Morgan fingerprint density at radius 3 is 2.70 bits per heavy atom. The minimum absolute atomic E-state index is 0.0672. The summed E-state index contributed by atoms with van der Waals surface area (Å²) in [6, 6.07) is 15.7. The van der Waals surface area contributed by atoms with E-state index in [1.165, 1.54) is 0 Å². The van der Waals surface area contributed by atoms with E-state index in [0.29, 0.717) is 6.54 Å². The van der Waals surface area contributed by atoms with Gasteiger partial charge in [0.15, 0.2) is 6.10 Å². The van der Waals surface area contributed by atoms with Gasteiger partial charge in [-0.25, -0.2) is 0 Å². The maximum absolute atomic E-state index is 12.2. The normalized spacial score (nSPS) is 11.9. The Morgan fingerprint density at radius 2 is 1.93 bits per heavy atom. The molecule has 1 aromatic heterocycles. The number of benzene rings is 2. The Morgan fingerprint density at radius 1 is 1.15 bits per heavy atom. The van der Waals surface area contributed by atoms with E-state index in [0.717, 1.165) is 34.1 Å². The summed E-state index contributed by atoms with van der Waals surface area (Å²) < 4.78 is 10.8. The minimum Gasteiger partial charge on any atom is -0.464 e. The zero-order valence-corrected chi connectivity index (χ0v) is 15.5. The molecule has 2 aromatic carbocycles. The van der Waals surface area contributed by atoms with Crippen LogP contribution in [0.4, 0.5) is 0 Å². The fourth-order valence-electron chi connectivity index (χ4n) is 2.89. The van der Waals surface area contributed by atoms with Crippen molar-refractivity contribution in [3.63, 3.8) is 0 Å². The second-order valence-corrected chi connectivity index (χ2v) is 6.60. The molecule has 0 fully saturated rings. The van der Waals surface area contributed by atoms with Crippen molar-refractivity contribution in [2.75, 3.05) is 6.54 Å². The Labute approximate surface area is 158 Å². The van der Waals surface area contributed by atoms with Crippen molar-refractivity contribution in [2.45, 2.75) is 32.8 Å². The first-order chi connectivity index (χ1) is 13.0. The smallest absolute Gasteiger partial charge is 0.311 e. The Bertz CT molecular complexity index is 930. The van der Waals surface area contributed by atoms with Gasteiger partial charge in [-0.1, -0.05) is 42.5 Å². The van der Waals surface area contributed by atoms with Crippen LogP contribution in [0, 0.1) is 6.92 Å². The number of amides is 1. The molecule has 0 aliphatic heterocycles. The third kappa shape index (κ3) is 4.97. The van der Waals surface area contributed by atoms with Gasteiger partial charge in [0, 0.05) is 17.5 Å². The third-order valence-electron chi connectivity index (χ3n) is 4.38. The number of fused-ring (bicyclic) bond motifs is 1. The zero-order valence-electron chi connectivity index (χ0n) is 15.5. The molecular formula is C22H23NO4. The van der Waals surface area contributed by atoms with Gasteiger partial charge in [-0.05, 0) is 37.5 Å². The van der Waals surface area contributed by atoms with Crippen molar-refractivity contribution in [2.24, 2.45) is 0 Å². The van der Waals surface area contributed by atoms with Crippen molar-refractivity contribution in [1.82, 2.24) is 5.32 Å². The first-order valence-electron chi connectivity index (χ1n) is 9.01. The molecule has 5 nitrogen and oxygen atoms in total. The van der Waals surface area contributed by atoms with Gasteiger partial charge in [-0.2, -0.15) is 0 Å². The maximum Gasteiger partial charge on any atom is 0.311 e. The predicted octanol–water partition coefficient (Wildman–Crippen LogP) is 3.57. The molecule has 1 atom stereocenters. The first kappa shape index (κ1) is 18.7.